The van der Waals surface area contributed by atoms with E-state index in [-0.39, 0.29) is 5.92 Å². The highest BCUT2D eigenvalue weighted by atomic mass is 16.5. The average Bonchev–Trinajstić information content (AvgIpc) is 3.59. The normalized spacial score (nSPS) is 15.3. The van der Waals surface area contributed by atoms with Gasteiger partial charge in [-0.1, -0.05) is 164 Å². The van der Waals surface area contributed by atoms with Gasteiger partial charge < -0.3 is 4.74 Å². The number of ether oxygens (including phenoxy) is 1. The first-order chi connectivity index (χ1) is 28.7. The monoisotopic (exact) mass is 741 g/mol. The van der Waals surface area contributed by atoms with Gasteiger partial charge in [-0.25, -0.2) is 9.97 Å². The zero-order valence-electron chi connectivity index (χ0n) is 31.5. The van der Waals surface area contributed by atoms with Gasteiger partial charge >= 0.3 is 0 Å². The summed E-state index contributed by atoms with van der Waals surface area (Å²) in [5.41, 5.74) is 15.5. The van der Waals surface area contributed by atoms with Crippen molar-refractivity contribution in [2.45, 2.75) is 17.8 Å². The molecular weight excluding hydrogens is 707 g/mol. The molecule has 3 aliphatic rings. The van der Waals surface area contributed by atoms with E-state index in [1.165, 1.54) is 33.4 Å². The molecule has 1 spiro atoms. The summed E-state index contributed by atoms with van der Waals surface area (Å²) in [6.07, 6.45) is 6.94. The van der Waals surface area contributed by atoms with Gasteiger partial charge in [0.1, 0.15) is 11.5 Å². The summed E-state index contributed by atoms with van der Waals surface area (Å²) in [5, 5.41) is 9.38. The van der Waals surface area contributed by atoms with E-state index in [1.807, 2.05) is 36.4 Å². The Kier molecular flexibility index (Phi) is 7.87. The maximum atomic E-state index is 9.38. The van der Waals surface area contributed by atoms with E-state index in [4.69, 9.17) is 14.7 Å². The molecule has 0 amide bonds. The van der Waals surface area contributed by atoms with Crippen molar-refractivity contribution in [1.82, 2.24) is 9.97 Å². The second kappa shape index (κ2) is 13.5. The quantitative estimate of drug-likeness (QED) is 0.176. The van der Waals surface area contributed by atoms with Crippen molar-refractivity contribution in [1.29, 1.82) is 5.26 Å². The van der Waals surface area contributed by atoms with Crippen LogP contribution in [0.4, 0.5) is 0 Å². The van der Waals surface area contributed by atoms with Gasteiger partial charge in [-0.3, -0.25) is 0 Å². The predicted molar refractivity (Wildman–Crippen MR) is 231 cm³/mol. The van der Waals surface area contributed by atoms with Crippen LogP contribution >= 0.6 is 0 Å². The lowest BCUT2D eigenvalue weighted by molar-refractivity contribution is 0.436. The molecule has 0 saturated carbocycles. The van der Waals surface area contributed by atoms with E-state index in [9.17, 15) is 5.26 Å². The largest absolute Gasteiger partial charge is 0.457 e. The molecule has 4 heteroatoms. The molecular formula is C54H35N3O. The molecule has 0 N–H and O–H groups in total. The molecule has 58 heavy (non-hydrogen) atoms. The van der Waals surface area contributed by atoms with Crippen LogP contribution in [-0.2, 0) is 5.41 Å². The van der Waals surface area contributed by atoms with Gasteiger partial charge in [0.2, 0.25) is 0 Å². The topological polar surface area (TPSA) is 58.8 Å². The molecule has 8 aromatic rings. The Hall–Kier alpha value is -7.61. The maximum Gasteiger partial charge on any atom is 0.160 e. The van der Waals surface area contributed by atoms with E-state index >= 15 is 0 Å². The minimum absolute atomic E-state index is 0.240. The van der Waals surface area contributed by atoms with Gasteiger partial charge in [-0.05, 0) is 75.7 Å². The van der Waals surface area contributed by atoms with Crippen LogP contribution in [0.25, 0.3) is 56.2 Å². The van der Waals surface area contributed by atoms with E-state index < -0.39 is 5.41 Å². The molecule has 272 valence electrons. The van der Waals surface area contributed by atoms with E-state index in [1.54, 1.807) is 0 Å². The standard InChI is InChI=1S/C54H35N3O/c55-34-35-22-24-36(25-23-35)37-26-28-38(29-27-37)42-16-11-19-47-52(42)43-32-41(49-33-48(39-12-3-1-4-13-39)56-53(57-49)40-14-5-2-6-15-40)30-31-44(43)54(47)45-17-7-9-20-50(45)58-51-21-10-8-18-46(51)54/h1-24,26-33,36H,25H2. The zero-order chi connectivity index (χ0) is 38.6. The number of rotatable bonds is 5. The predicted octanol–water partition coefficient (Wildman–Crippen LogP) is 13.1. The summed E-state index contributed by atoms with van der Waals surface area (Å²) in [4.78, 5) is 10.3. The first kappa shape index (κ1) is 33.7. The zero-order valence-corrected chi connectivity index (χ0v) is 31.5. The van der Waals surface area contributed by atoms with Gasteiger partial charge in [0, 0.05) is 39.3 Å². The van der Waals surface area contributed by atoms with Crippen molar-refractivity contribution in [2.75, 3.05) is 0 Å². The Labute approximate surface area is 337 Å². The number of nitriles is 1. The average molecular weight is 742 g/mol. The van der Waals surface area contributed by atoms with E-state index in [2.05, 4.69) is 164 Å². The highest BCUT2D eigenvalue weighted by molar-refractivity contribution is 5.98. The van der Waals surface area contributed by atoms with Crippen LogP contribution in [0.2, 0.25) is 0 Å². The summed E-state index contributed by atoms with van der Waals surface area (Å²) < 4.78 is 6.65. The highest BCUT2D eigenvalue weighted by Gasteiger charge is 2.51. The molecule has 1 aliphatic heterocycles. The molecule has 0 saturated heterocycles. The minimum atomic E-state index is -0.613. The van der Waals surface area contributed by atoms with Gasteiger partial charge in [0.25, 0.3) is 0 Å². The van der Waals surface area contributed by atoms with Crippen molar-refractivity contribution in [3.05, 3.63) is 228 Å². The number of nitrogens with zero attached hydrogens (tertiary/aromatic N) is 3. The van der Waals surface area contributed by atoms with Gasteiger partial charge in [-0.2, -0.15) is 5.26 Å². The fourth-order valence-corrected chi connectivity index (χ4v) is 9.28. The van der Waals surface area contributed by atoms with Gasteiger partial charge in [0.05, 0.1) is 22.9 Å². The summed E-state index contributed by atoms with van der Waals surface area (Å²) in [6, 6.07) is 64.6. The van der Waals surface area contributed by atoms with Gasteiger partial charge in [0.15, 0.2) is 5.82 Å². The maximum absolute atomic E-state index is 9.38. The minimum Gasteiger partial charge on any atom is -0.457 e. The molecule has 0 bridgehead atoms. The number of allylic oxidation sites excluding steroid dienone is 4. The van der Waals surface area contributed by atoms with Gasteiger partial charge in [-0.15, -0.1) is 0 Å². The molecule has 2 heterocycles. The SMILES string of the molecule is N#CC1=CCC(c2ccc(-c3cccc4c3-c3cc(-c5cc(-c6ccccc6)nc(-c6ccccc6)n5)ccc3C43c4ccccc4Oc4ccccc43)cc2)C=C1. The first-order valence-electron chi connectivity index (χ1n) is 19.7. The van der Waals surface area contributed by atoms with Crippen molar-refractivity contribution < 1.29 is 4.74 Å². The fourth-order valence-electron chi connectivity index (χ4n) is 9.28. The number of hydrogen-bond donors (Lipinski definition) is 0. The first-order valence-corrected chi connectivity index (χ1v) is 19.7. The van der Waals surface area contributed by atoms with Crippen molar-refractivity contribution in [2.24, 2.45) is 0 Å². The molecule has 2 aliphatic carbocycles. The van der Waals surface area contributed by atoms with Crippen LogP contribution in [0.1, 0.15) is 40.2 Å². The van der Waals surface area contributed by atoms with Crippen molar-refractivity contribution in [3.63, 3.8) is 0 Å². The third-order valence-electron chi connectivity index (χ3n) is 12.0. The lowest BCUT2D eigenvalue weighted by Gasteiger charge is -2.39. The number of aromatic nitrogens is 2. The van der Waals surface area contributed by atoms with Crippen LogP contribution in [0.5, 0.6) is 11.5 Å². The number of hydrogen-bond acceptors (Lipinski definition) is 4. The Balaban J connectivity index is 1.15. The second-order valence-corrected chi connectivity index (χ2v) is 15.1. The summed E-state index contributed by atoms with van der Waals surface area (Å²) in [6.45, 7) is 0. The van der Waals surface area contributed by atoms with E-state index in [0.29, 0.717) is 5.82 Å². The third-order valence-corrected chi connectivity index (χ3v) is 12.0. The molecule has 1 atom stereocenters. The van der Waals surface area contributed by atoms with Crippen molar-refractivity contribution in [3.8, 4) is 73.7 Å². The fraction of sp³-hybridized carbons (Fsp3) is 0.0556. The molecule has 1 aromatic heterocycles. The molecule has 0 fully saturated rings. The Bertz CT molecular complexity index is 2910. The summed E-state index contributed by atoms with van der Waals surface area (Å²) in [7, 11) is 0. The Morgan fingerprint density at radius 2 is 1.16 bits per heavy atom. The Morgan fingerprint density at radius 3 is 1.83 bits per heavy atom. The highest BCUT2D eigenvalue weighted by Crippen LogP contribution is 2.63. The van der Waals surface area contributed by atoms with Crippen molar-refractivity contribution >= 4 is 0 Å². The number of benzene rings is 7. The summed E-state index contributed by atoms with van der Waals surface area (Å²) in [5.74, 6) is 2.66. The lowest BCUT2D eigenvalue weighted by atomic mass is 9.66. The molecule has 1 unspecified atom stereocenters. The van der Waals surface area contributed by atoms with Crippen LogP contribution in [0.3, 0.4) is 0 Å². The molecule has 4 nitrogen and oxygen atoms in total. The molecule has 7 aromatic carbocycles. The smallest absolute Gasteiger partial charge is 0.160 e. The van der Waals surface area contributed by atoms with E-state index in [0.717, 1.165) is 68.3 Å². The Morgan fingerprint density at radius 1 is 0.534 bits per heavy atom. The van der Waals surface area contributed by atoms with Crippen LogP contribution in [0.15, 0.2) is 200 Å². The molecule has 11 rings (SSSR count). The second-order valence-electron chi connectivity index (χ2n) is 15.1. The third kappa shape index (κ3) is 5.29. The van der Waals surface area contributed by atoms with Crippen LogP contribution < -0.4 is 4.74 Å². The van der Waals surface area contributed by atoms with Crippen LogP contribution in [0, 0.1) is 11.3 Å². The summed E-state index contributed by atoms with van der Waals surface area (Å²) >= 11 is 0. The number of para-hydroxylation sites is 2. The van der Waals surface area contributed by atoms with Crippen LogP contribution in [-0.4, -0.2) is 9.97 Å². The molecule has 0 radical (unpaired) electrons. The number of fused-ring (bicyclic) bond motifs is 9. The lowest BCUT2D eigenvalue weighted by Crippen LogP contribution is -2.32.